The minimum atomic E-state index is -0.367. The Hall–Kier alpha value is -1.90. The van der Waals surface area contributed by atoms with E-state index < -0.39 is 0 Å². The Bertz CT molecular complexity index is 865. The van der Waals surface area contributed by atoms with E-state index in [1.807, 2.05) is 16.7 Å². The number of fused-ring (bicyclic) bond motifs is 1. The van der Waals surface area contributed by atoms with Gasteiger partial charge in [0.05, 0.1) is 33.0 Å². The lowest BCUT2D eigenvalue weighted by Crippen LogP contribution is -1.99. The van der Waals surface area contributed by atoms with Crippen LogP contribution in [0.1, 0.15) is 11.4 Å². The van der Waals surface area contributed by atoms with Crippen LogP contribution < -0.4 is 0 Å². The zero-order valence-electron chi connectivity index (χ0n) is 10.6. The molecule has 0 amide bonds. The monoisotopic (exact) mass is 363 g/mol. The van der Waals surface area contributed by atoms with Crippen molar-refractivity contribution in [3.05, 3.63) is 58.1 Å². The highest BCUT2D eigenvalue weighted by molar-refractivity contribution is 9.10. The highest BCUT2D eigenvalue weighted by atomic mass is 79.9. The van der Waals surface area contributed by atoms with Crippen LogP contribution >= 0.6 is 27.5 Å². The molecule has 0 saturated carbocycles. The average Bonchev–Trinajstić information content (AvgIpc) is 2.85. The van der Waals surface area contributed by atoms with Crippen molar-refractivity contribution in [3.63, 3.8) is 0 Å². The van der Waals surface area contributed by atoms with Gasteiger partial charge in [0.1, 0.15) is 11.6 Å². The largest absolute Gasteiger partial charge is 0.295 e. The zero-order chi connectivity index (χ0) is 15.0. The molecular weight excluding hydrogens is 357 g/mol. The summed E-state index contributed by atoms with van der Waals surface area (Å²) >= 11 is 9.14. The van der Waals surface area contributed by atoms with Gasteiger partial charge in [-0.2, -0.15) is 5.26 Å². The maximum absolute atomic E-state index is 13.6. The maximum Gasteiger partial charge on any atom is 0.139 e. The van der Waals surface area contributed by atoms with Gasteiger partial charge in [-0.15, -0.1) is 11.6 Å². The molecule has 0 N–H and O–H groups in total. The Balaban J connectivity index is 2.28. The molecule has 0 aliphatic rings. The first-order valence-corrected chi connectivity index (χ1v) is 7.39. The van der Waals surface area contributed by atoms with Gasteiger partial charge in [-0.3, -0.25) is 4.57 Å². The second-order valence-electron chi connectivity index (χ2n) is 4.41. The summed E-state index contributed by atoms with van der Waals surface area (Å²) in [5.41, 5.74) is 2.69. The Kier molecular flexibility index (Phi) is 3.66. The van der Waals surface area contributed by atoms with E-state index >= 15 is 0 Å². The van der Waals surface area contributed by atoms with Crippen molar-refractivity contribution in [1.82, 2.24) is 9.55 Å². The van der Waals surface area contributed by atoms with Gasteiger partial charge in [0.25, 0.3) is 0 Å². The third kappa shape index (κ3) is 2.41. The Labute approximate surface area is 133 Å². The number of imidazole rings is 1. The molecule has 3 rings (SSSR count). The smallest absolute Gasteiger partial charge is 0.139 e. The SMILES string of the molecule is N#Cc1ccc(-n2c(CCl)nc3cc(F)c(Br)cc32)cc1. The van der Waals surface area contributed by atoms with Gasteiger partial charge >= 0.3 is 0 Å². The first-order valence-electron chi connectivity index (χ1n) is 6.07. The second kappa shape index (κ2) is 5.47. The van der Waals surface area contributed by atoms with Crippen molar-refractivity contribution >= 4 is 38.6 Å². The molecular formula is C15H8BrClFN3. The maximum atomic E-state index is 13.6. The summed E-state index contributed by atoms with van der Waals surface area (Å²) in [4.78, 5) is 4.36. The molecule has 0 saturated heterocycles. The molecule has 3 aromatic rings. The number of aromatic nitrogens is 2. The molecule has 1 heterocycles. The molecule has 6 heteroatoms. The van der Waals surface area contributed by atoms with Crippen molar-refractivity contribution in [2.75, 3.05) is 0 Å². The Morgan fingerprint density at radius 2 is 2.00 bits per heavy atom. The highest BCUT2D eigenvalue weighted by Gasteiger charge is 2.14. The van der Waals surface area contributed by atoms with Crippen molar-refractivity contribution in [2.24, 2.45) is 0 Å². The van der Waals surface area contributed by atoms with E-state index in [2.05, 4.69) is 27.0 Å². The van der Waals surface area contributed by atoms with Crippen molar-refractivity contribution in [1.29, 1.82) is 5.26 Å². The third-order valence-corrected chi connectivity index (χ3v) is 3.99. The van der Waals surface area contributed by atoms with Gasteiger partial charge in [-0.05, 0) is 46.3 Å². The number of hydrogen-bond donors (Lipinski definition) is 0. The van der Waals surface area contributed by atoms with Crippen molar-refractivity contribution < 1.29 is 4.39 Å². The molecule has 1 aromatic heterocycles. The number of nitrogens with zero attached hydrogens (tertiary/aromatic N) is 3. The standard InChI is InChI=1S/C15H8BrClFN3/c16-11-5-14-13(6-12(11)18)20-15(7-17)21(14)10-3-1-9(8-19)2-4-10/h1-6H,7H2. The predicted octanol–water partition coefficient (Wildman–Crippen LogP) is 4.54. The molecule has 3 nitrogen and oxygen atoms in total. The van der Waals surface area contributed by atoms with Gasteiger partial charge in [0.15, 0.2) is 0 Å². The number of rotatable bonds is 2. The molecule has 0 atom stereocenters. The van der Waals surface area contributed by atoms with Gasteiger partial charge in [-0.25, -0.2) is 9.37 Å². The molecule has 0 spiro atoms. The summed E-state index contributed by atoms with van der Waals surface area (Å²) in [5.74, 6) is 0.454. The van der Waals surface area contributed by atoms with Crippen LogP contribution in [0.5, 0.6) is 0 Å². The van der Waals surface area contributed by atoms with E-state index in [0.29, 0.717) is 21.4 Å². The van der Waals surface area contributed by atoms with Crippen LogP contribution in [0.25, 0.3) is 16.7 Å². The van der Waals surface area contributed by atoms with Crippen LogP contribution in [-0.2, 0) is 5.88 Å². The minimum Gasteiger partial charge on any atom is -0.295 e. The first kappa shape index (κ1) is 14.1. The second-order valence-corrected chi connectivity index (χ2v) is 5.53. The van der Waals surface area contributed by atoms with Gasteiger partial charge in [-0.1, -0.05) is 0 Å². The molecule has 0 aliphatic carbocycles. The number of nitriles is 1. The summed E-state index contributed by atoms with van der Waals surface area (Å²) in [6, 6.07) is 12.2. The fourth-order valence-electron chi connectivity index (χ4n) is 2.19. The van der Waals surface area contributed by atoms with Crippen LogP contribution in [0.2, 0.25) is 0 Å². The fraction of sp³-hybridized carbons (Fsp3) is 0.0667. The van der Waals surface area contributed by atoms with Gasteiger partial charge < -0.3 is 0 Å². The first-order chi connectivity index (χ1) is 10.1. The van der Waals surface area contributed by atoms with Gasteiger partial charge in [0, 0.05) is 11.8 Å². The Morgan fingerprint density at radius 3 is 2.62 bits per heavy atom. The van der Waals surface area contributed by atoms with Crippen LogP contribution in [0, 0.1) is 17.1 Å². The van der Waals surface area contributed by atoms with Crippen LogP contribution in [-0.4, -0.2) is 9.55 Å². The molecule has 0 bridgehead atoms. The molecule has 104 valence electrons. The van der Waals surface area contributed by atoms with Crippen LogP contribution in [0.4, 0.5) is 4.39 Å². The summed E-state index contributed by atoms with van der Waals surface area (Å²) in [7, 11) is 0. The van der Waals surface area contributed by atoms with Crippen LogP contribution in [0.3, 0.4) is 0 Å². The summed E-state index contributed by atoms with van der Waals surface area (Å²) in [6.45, 7) is 0. The summed E-state index contributed by atoms with van der Waals surface area (Å²) in [5, 5.41) is 8.86. The van der Waals surface area contributed by atoms with E-state index in [0.717, 1.165) is 11.2 Å². The molecule has 2 aromatic carbocycles. The van der Waals surface area contributed by atoms with Crippen LogP contribution in [0.15, 0.2) is 40.9 Å². The lowest BCUT2D eigenvalue weighted by molar-refractivity contribution is 0.623. The Morgan fingerprint density at radius 1 is 1.29 bits per heavy atom. The number of benzene rings is 2. The topological polar surface area (TPSA) is 41.6 Å². The highest BCUT2D eigenvalue weighted by Crippen LogP contribution is 2.27. The summed E-state index contributed by atoms with van der Waals surface area (Å²) < 4.78 is 15.9. The molecule has 0 radical (unpaired) electrons. The molecule has 0 aliphatic heterocycles. The third-order valence-electron chi connectivity index (χ3n) is 3.14. The number of alkyl halides is 1. The zero-order valence-corrected chi connectivity index (χ0v) is 13.0. The average molecular weight is 365 g/mol. The van der Waals surface area contributed by atoms with Crippen molar-refractivity contribution in [3.8, 4) is 11.8 Å². The quantitative estimate of drug-likeness (QED) is 0.627. The van der Waals surface area contributed by atoms with Crippen molar-refractivity contribution in [2.45, 2.75) is 5.88 Å². The molecule has 0 unspecified atom stereocenters. The van der Waals surface area contributed by atoms with E-state index in [-0.39, 0.29) is 11.7 Å². The summed E-state index contributed by atoms with van der Waals surface area (Å²) in [6.07, 6.45) is 0. The van der Waals surface area contributed by atoms with E-state index in [1.165, 1.54) is 6.07 Å². The predicted molar refractivity (Wildman–Crippen MR) is 83.0 cm³/mol. The number of halogens is 3. The van der Waals surface area contributed by atoms with E-state index in [4.69, 9.17) is 16.9 Å². The molecule has 21 heavy (non-hydrogen) atoms. The van der Waals surface area contributed by atoms with E-state index in [1.54, 1.807) is 18.2 Å². The molecule has 0 fully saturated rings. The fourth-order valence-corrected chi connectivity index (χ4v) is 2.70. The lowest BCUT2D eigenvalue weighted by atomic mass is 10.2. The van der Waals surface area contributed by atoms with E-state index in [9.17, 15) is 4.39 Å². The normalized spacial score (nSPS) is 10.8. The number of hydrogen-bond acceptors (Lipinski definition) is 2. The lowest BCUT2D eigenvalue weighted by Gasteiger charge is -2.08. The van der Waals surface area contributed by atoms with Gasteiger partial charge in [0.2, 0.25) is 0 Å². The minimum absolute atomic E-state index is 0.202.